The Morgan fingerprint density at radius 1 is 0.815 bits per heavy atom. The van der Waals surface area contributed by atoms with Crippen molar-refractivity contribution in [3.63, 3.8) is 0 Å². The summed E-state index contributed by atoms with van der Waals surface area (Å²) in [5.41, 5.74) is 0. The highest BCUT2D eigenvalue weighted by Crippen LogP contribution is 2.29. The Kier molecular flexibility index (Phi) is 8.61. The van der Waals surface area contributed by atoms with Crippen LogP contribution in [0.1, 0.15) is 61.3 Å². The molecule has 0 amide bonds. The van der Waals surface area contributed by atoms with Crippen LogP contribution >= 0.6 is 0 Å². The predicted octanol–water partition coefficient (Wildman–Crippen LogP) is 2.39. The Labute approximate surface area is 162 Å². The molecule has 9 atom stereocenters. The zero-order chi connectivity index (χ0) is 21.0. The Morgan fingerprint density at radius 2 is 1.26 bits per heavy atom. The number of aliphatic hydroxyl groups is 2. The number of esters is 1. The number of hydrogen-bond acceptors (Lipinski definition) is 6. The minimum absolute atomic E-state index is 0.103. The lowest BCUT2D eigenvalue weighted by atomic mass is 9.77. The van der Waals surface area contributed by atoms with Gasteiger partial charge in [-0.3, -0.25) is 14.4 Å². The molecule has 156 valence electrons. The van der Waals surface area contributed by atoms with Gasteiger partial charge in [-0.2, -0.15) is 0 Å². The summed E-state index contributed by atoms with van der Waals surface area (Å²) in [6, 6.07) is 0. The van der Waals surface area contributed by atoms with Gasteiger partial charge in [0, 0.05) is 29.6 Å². The van der Waals surface area contributed by atoms with Gasteiger partial charge in [-0.15, -0.1) is 0 Å². The maximum Gasteiger partial charge on any atom is 0.311 e. The first-order chi connectivity index (χ1) is 12.4. The van der Waals surface area contributed by atoms with Gasteiger partial charge in [0.25, 0.3) is 0 Å². The van der Waals surface area contributed by atoms with Crippen molar-refractivity contribution in [3.8, 4) is 0 Å². The van der Waals surface area contributed by atoms with Gasteiger partial charge in [0.05, 0.1) is 18.1 Å². The van der Waals surface area contributed by atoms with Crippen molar-refractivity contribution in [2.24, 2.45) is 35.5 Å². The highest BCUT2D eigenvalue weighted by atomic mass is 16.5. The van der Waals surface area contributed by atoms with Crippen LogP contribution in [-0.2, 0) is 19.1 Å². The quantitative estimate of drug-likeness (QED) is 0.673. The average Bonchev–Trinajstić information content (AvgIpc) is 2.66. The summed E-state index contributed by atoms with van der Waals surface area (Å²) in [5, 5.41) is 21.2. The number of ether oxygens (including phenoxy) is 1. The predicted molar refractivity (Wildman–Crippen MR) is 102 cm³/mol. The summed E-state index contributed by atoms with van der Waals surface area (Å²) in [6.45, 7) is 12.0. The number of carbonyl (C=O) groups is 3. The molecule has 0 aromatic carbocycles. The number of carbonyl (C=O) groups excluding carboxylic acids is 3. The van der Waals surface area contributed by atoms with Crippen molar-refractivity contribution < 1.29 is 29.3 Å². The first-order valence-corrected chi connectivity index (χ1v) is 10.1. The number of hydrogen-bond donors (Lipinski definition) is 2. The fourth-order valence-electron chi connectivity index (χ4n) is 4.06. The molecule has 0 aliphatic carbocycles. The molecule has 0 aromatic heterocycles. The summed E-state index contributed by atoms with van der Waals surface area (Å²) in [6.07, 6.45) is -1.84. The second kappa shape index (κ2) is 9.78. The Hall–Kier alpha value is -1.27. The maximum atomic E-state index is 12.8. The van der Waals surface area contributed by atoms with E-state index in [2.05, 4.69) is 0 Å². The SMILES string of the molecule is CC[C@@H]1OC(=O)[C@H](C)[C@H](O)[C@H](C)C(=O)[C@H](C)C[C@@H](C)C(=O)[C@@H](C)[C@@H](O)[C@@H]1C. The standard InChI is InChI=1S/C21H36O6/c1-8-16-12(4)19(24)13(5)17(22)10(2)9-11(3)18(23)14(6)20(25)15(7)21(26)27-16/h10-16,19-20,24-25H,8-9H2,1-7H3/t10-,11-,12-,13-,14-,15-,16+,19+,20-/m1/s1. The highest BCUT2D eigenvalue weighted by Gasteiger charge is 2.39. The largest absolute Gasteiger partial charge is 0.462 e. The molecular formula is C21H36O6. The van der Waals surface area contributed by atoms with Crippen LogP contribution in [0.25, 0.3) is 0 Å². The second-order valence-electron chi connectivity index (χ2n) is 8.43. The molecule has 0 bridgehead atoms. The molecule has 0 radical (unpaired) electrons. The molecule has 0 unspecified atom stereocenters. The van der Waals surface area contributed by atoms with E-state index in [1.54, 1.807) is 41.5 Å². The maximum absolute atomic E-state index is 12.8. The molecule has 1 aliphatic rings. The first kappa shape index (κ1) is 23.8. The molecule has 0 saturated carbocycles. The minimum atomic E-state index is -1.15. The second-order valence-corrected chi connectivity index (χ2v) is 8.43. The van der Waals surface area contributed by atoms with Crippen LogP contribution in [0.15, 0.2) is 0 Å². The zero-order valence-corrected chi connectivity index (χ0v) is 17.6. The molecule has 1 fully saturated rings. The Bertz CT molecular complexity index is 545. The topological polar surface area (TPSA) is 101 Å². The number of aliphatic hydroxyl groups excluding tert-OH is 2. The van der Waals surface area contributed by atoms with Gasteiger partial charge in [-0.05, 0) is 19.8 Å². The zero-order valence-electron chi connectivity index (χ0n) is 17.6. The average molecular weight is 385 g/mol. The normalized spacial score (nSPS) is 43.1. The third kappa shape index (κ3) is 5.38. The van der Waals surface area contributed by atoms with Crippen molar-refractivity contribution in [3.05, 3.63) is 0 Å². The van der Waals surface area contributed by atoms with Gasteiger partial charge in [0.15, 0.2) is 0 Å². The van der Waals surface area contributed by atoms with E-state index in [0.29, 0.717) is 12.8 Å². The number of ketones is 2. The molecule has 1 aliphatic heterocycles. The van der Waals surface area contributed by atoms with E-state index in [9.17, 15) is 24.6 Å². The van der Waals surface area contributed by atoms with Gasteiger partial charge in [0.2, 0.25) is 0 Å². The molecule has 1 rings (SSSR count). The van der Waals surface area contributed by atoms with Crippen LogP contribution in [-0.4, -0.2) is 46.1 Å². The van der Waals surface area contributed by atoms with E-state index in [-0.39, 0.29) is 17.5 Å². The van der Waals surface area contributed by atoms with E-state index in [1.807, 2.05) is 6.92 Å². The van der Waals surface area contributed by atoms with Crippen molar-refractivity contribution in [2.75, 3.05) is 0 Å². The van der Waals surface area contributed by atoms with Crippen molar-refractivity contribution in [2.45, 2.75) is 79.6 Å². The van der Waals surface area contributed by atoms with E-state index >= 15 is 0 Å². The molecule has 1 saturated heterocycles. The fraction of sp³-hybridized carbons (Fsp3) is 0.857. The molecule has 6 heteroatoms. The van der Waals surface area contributed by atoms with E-state index < -0.39 is 53.9 Å². The van der Waals surface area contributed by atoms with Gasteiger partial charge < -0.3 is 14.9 Å². The molecular weight excluding hydrogens is 348 g/mol. The van der Waals surface area contributed by atoms with Crippen molar-refractivity contribution in [1.82, 2.24) is 0 Å². The number of Topliss-reactive ketones (excluding diaryl/α,β-unsaturated/α-hetero) is 2. The van der Waals surface area contributed by atoms with Gasteiger partial charge in [0.1, 0.15) is 17.7 Å². The lowest BCUT2D eigenvalue weighted by molar-refractivity contribution is -0.165. The molecule has 0 aromatic rings. The minimum Gasteiger partial charge on any atom is -0.462 e. The van der Waals surface area contributed by atoms with Crippen LogP contribution in [0, 0.1) is 35.5 Å². The van der Waals surface area contributed by atoms with Crippen LogP contribution < -0.4 is 0 Å². The Balaban J connectivity index is 3.25. The molecule has 0 spiro atoms. The molecule has 1 heterocycles. The van der Waals surface area contributed by atoms with Crippen LogP contribution in [0.2, 0.25) is 0 Å². The van der Waals surface area contributed by atoms with Crippen LogP contribution in [0.3, 0.4) is 0 Å². The highest BCUT2D eigenvalue weighted by molar-refractivity contribution is 5.87. The Morgan fingerprint density at radius 3 is 1.70 bits per heavy atom. The van der Waals surface area contributed by atoms with Crippen molar-refractivity contribution >= 4 is 17.5 Å². The number of cyclic esters (lactones) is 1. The van der Waals surface area contributed by atoms with Gasteiger partial charge >= 0.3 is 5.97 Å². The monoisotopic (exact) mass is 384 g/mol. The lowest BCUT2D eigenvalue weighted by Gasteiger charge is -2.33. The summed E-state index contributed by atoms with van der Waals surface area (Å²) in [4.78, 5) is 37.9. The van der Waals surface area contributed by atoms with Crippen LogP contribution in [0.5, 0.6) is 0 Å². The molecule has 2 N–H and O–H groups in total. The summed E-state index contributed by atoms with van der Waals surface area (Å²) in [5.74, 6) is -4.30. The first-order valence-electron chi connectivity index (χ1n) is 10.1. The third-order valence-corrected chi connectivity index (χ3v) is 6.28. The summed E-state index contributed by atoms with van der Waals surface area (Å²) in [7, 11) is 0. The summed E-state index contributed by atoms with van der Waals surface area (Å²) >= 11 is 0. The fourth-order valence-corrected chi connectivity index (χ4v) is 4.06. The van der Waals surface area contributed by atoms with Crippen molar-refractivity contribution in [1.29, 1.82) is 0 Å². The van der Waals surface area contributed by atoms with Crippen LogP contribution in [0.4, 0.5) is 0 Å². The molecule has 27 heavy (non-hydrogen) atoms. The lowest BCUT2D eigenvalue weighted by Crippen LogP contribution is -2.44. The van der Waals surface area contributed by atoms with E-state index in [4.69, 9.17) is 4.74 Å². The summed E-state index contributed by atoms with van der Waals surface area (Å²) < 4.78 is 5.55. The smallest absolute Gasteiger partial charge is 0.311 e. The third-order valence-electron chi connectivity index (χ3n) is 6.28. The number of rotatable bonds is 1. The van der Waals surface area contributed by atoms with E-state index in [1.165, 1.54) is 0 Å². The van der Waals surface area contributed by atoms with Gasteiger partial charge in [-0.25, -0.2) is 0 Å². The molecule has 6 nitrogen and oxygen atoms in total. The van der Waals surface area contributed by atoms with Gasteiger partial charge in [-0.1, -0.05) is 41.5 Å². The van der Waals surface area contributed by atoms with E-state index in [0.717, 1.165) is 0 Å².